The second-order valence-electron chi connectivity index (χ2n) is 4.59. The summed E-state index contributed by atoms with van der Waals surface area (Å²) in [6, 6.07) is 2.93. The zero-order valence-electron chi connectivity index (χ0n) is 12.3. The van der Waals surface area contributed by atoms with Crippen LogP contribution in [0.4, 0.5) is 5.69 Å². The summed E-state index contributed by atoms with van der Waals surface area (Å²) in [6.45, 7) is 4.95. The Hall–Kier alpha value is -1.46. The number of benzene rings is 1. The molecule has 1 aromatic carbocycles. The lowest BCUT2D eigenvalue weighted by Gasteiger charge is -2.23. The Balaban J connectivity index is 2.91. The normalized spacial score (nSPS) is 10.3. The van der Waals surface area contributed by atoms with Crippen molar-refractivity contribution >= 4 is 40.7 Å². The highest BCUT2D eigenvalue weighted by molar-refractivity contribution is 6.44. The number of halogens is 2. The molecule has 1 aromatic rings. The number of anilines is 1. The Labute approximate surface area is 134 Å². The predicted octanol–water partition coefficient (Wildman–Crippen LogP) is 2.52. The van der Waals surface area contributed by atoms with Crippen molar-refractivity contribution in [3.05, 3.63) is 27.7 Å². The quantitative estimate of drug-likeness (QED) is 0.843. The van der Waals surface area contributed by atoms with E-state index in [4.69, 9.17) is 28.9 Å². The number of nitrogen functional groups attached to an aromatic ring is 1. The Kier molecular flexibility index (Phi) is 6.30. The van der Waals surface area contributed by atoms with E-state index in [0.29, 0.717) is 18.8 Å². The SMILES string of the molecule is CCN(CC)C(=O)CN(C)C(=O)c1cc(N)cc(Cl)c1Cl. The minimum atomic E-state index is -0.394. The fraction of sp³-hybridized carbons (Fsp3) is 0.429. The third-order valence-electron chi connectivity index (χ3n) is 3.12. The van der Waals surface area contributed by atoms with Gasteiger partial charge in [0, 0.05) is 25.8 Å². The van der Waals surface area contributed by atoms with E-state index in [1.54, 1.807) is 4.90 Å². The average molecular weight is 332 g/mol. The van der Waals surface area contributed by atoms with Gasteiger partial charge < -0.3 is 15.5 Å². The van der Waals surface area contributed by atoms with Gasteiger partial charge in [-0.25, -0.2) is 0 Å². The van der Waals surface area contributed by atoms with E-state index in [2.05, 4.69) is 0 Å². The number of hydrogen-bond donors (Lipinski definition) is 1. The molecule has 0 aliphatic carbocycles. The number of carbonyl (C=O) groups is 2. The summed E-state index contributed by atoms with van der Waals surface area (Å²) in [5.74, 6) is -0.517. The molecule has 0 saturated carbocycles. The number of amides is 2. The summed E-state index contributed by atoms with van der Waals surface area (Å²) >= 11 is 11.9. The largest absolute Gasteiger partial charge is 0.399 e. The molecule has 0 spiro atoms. The van der Waals surface area contributed by atoms with Gasteiger partial charge in [0.15, 0.2) is 0 Å². The summed E-state index contributed by atoms with van der Waals surface area (Å²) in [6.07, 6.45) is 0. The van der Waals surface area contributed by atoms with Crippen molar-refractivity contribution in [2.45, 2.75) is 13.8 Å². The van der Waals surface area contributed by atoms with Crippen molar-refractivity contribution < 1.29 is 9.59 Å². The topological polar surface area (TPSA) is 66.6 Å². The molecule has 0 aliphatic rings. The third-order valence-corrected chi connectivity index (χ3v) is 3.92. The van der Waals surface area contributed by atoms with Gasteiger partial charge in [-0.3, -0.25) is 9.59 Å². The maximum absolute atomic E-state index is 12.4. The van der Waals surface area contributed by atoms with E-state index in [1.165, 1.54) is 24.1 Å². The molecule has 0 aliphatic heterocycles. The molecule has 0 bridgehead atoms. The summed E-state index contributed by atoms with van der Waals surface area (Å²) in [7, 11) is 1.54. The first-order valence-electron chi connectivity index (χ1n) is 6.59. The zero-order valence-corrected chi connectivity index (χ0v) is 13.8. The van der Waals surface area contributed by atoms with Gasteiger partial charge in [0.1, 0.15) is 0 Å². The third kappa shape index (κ3) is 4.25. The van der Waals surface area contributed by atoms with Crippen LogP contribution in [0.1, 0.15) is 24.2 Å². The van der Waals surface area contributed by atoms with E-state index in [0.717, 1.165) is 0 Å². The molecule has 0 heterocycles. The fourth-order valence-corrected chi connectivity index (χ4v) is 2.34. The lowest BCUT2D eigenvalue weighted by molar-refractivity contribution is -0.131. The van der Waals surface area contributed by atoms with Crippen molar-refractivity contribution in [2.75, 3.05) is 32.4 Å². The summed E-state index contributed by atoms with van der Waals surface area (Å²) in [5, 5.41) is 0.349. The second kappa shape index (κ2) is 7.52. The molecule has 5 nitrogen and oxygen atoms in total. The van der Waals surface area contributed by atoms with Crippen LogP contribution < -0.4 is 5.73 Å². The van der Waals surface area contributed by atoms with Crippen LogP contribution in [0.3, 0.4) is 0 Å². The minimum Gasteiger partial charge on any atom is -0.399 e. The molecule has 2 N–H and O–H groups in total. The molecule has 0 unspecified atom stereocenters. The van der Waals surface area contributed by atoms with E-state index in [9.17, 15) is 9.59 Å². The first-order chi connectivity index (χ1) is 9.81. The molecule has 1 rings (SSSR count). The van der Waals surface area contributed by atoms with Gasteiger partial charge in [0.05, 0.1) is 22.2 Å². The van der Waals surface area contributed by atoms with E-state index < -0.39 is 5.91 Å². The van der Waals surface area contributed by atoms with Crippen LogP contribution >= 0.6 is 23.2 Å². The smallest absolute Gasteiger partial charge is 0.255 e. The van der Waals surface area contributed by atoms with Crippen molar-refractivity contribution in [2.24, 2.45) is 0 Å². The van der Waals surface area contributed by atoms with Gasteiger partial charge in [-0.05, 0) is 26.0 Å². The highest BCUT2D eigenvalue weighted by Gasteiger charge is 2.21. The van der Waals surface area contributed by atoms with Crippen LogP contribution in [0.25, 0.3) is 0 Å². The van der Waals surface area contributed by atoms with Crippen molar-refractivity contribution in [1.82, 2.24) is 9.80 Å². The molecule has 0 fully saturated rings. The highest BCUT2D eigenvalue weighted by Crippen LogP contribution is 2.29. The van der Waals surface area contributed by atoms with Crippen molar-refractivity contribution in [1.29, 1.82) is 0 Å². The molecular weight excluding hydrogens is 313 g/mol. The zero-order chi connectivity index (χ0) is 16.2. The molecule has 0 saturated heterocycles. The molecule has 0 atom stereocenters. The lowest BCUT2D eigenvalue weighted by Crippen LogP contribution is -2.41. The number of nitrogens with two attached hydrogens (primary N) is 1. The van der Waals surface area contributed by atoms with Crippen LogP contribution in [0.5, 0.6) is 0 Å². The number of rotatable bonds is 5. The van der Waals surface area contributed by atoms with Gasteiger partial charge in [0.25, 0.3) is 5.91 Å². The number of carbonyl (C=O) groups excluding carboxylic acids is 2. The molecule has 7 heteroatoms. The van der Waals surface area contributed by atoms with Crippen molar-refractivity contribution in [3.63, 3.8) is 0 Å². The Morgan fingerprint density at radius 1 is 1.19 bits per heavy atom. The molecular formula is C14H19Cl2N3O2. The molecule has 116 valence electrons. The van der Waals surface area contributed by atoms with Gasteiger partial charge >= 0.3 is 0 Å². The lowest BCUT2D eigenvalue weighted by atomic mass is 10.1. The number of nitrogens with zero attached hydrogens (tertiary/aromatic N) is 2. The fourth-order valence-electron chi connectivity index (χ4n) is 1.92. The maximum atomic E-state index is 12.4. The Bertz CT molecular complexity index is 545. The van der Waals surface area contributed by atoms with Crippen LogP contribution in [-0.4, -0.2) is 48.3 Å². The van der Waals surface area contributed by atoms with Crippen molar-refractivity contribution in [3.8, 4) is 0 Å². The minimum absolute atomic E-state index is 0.0245. The maximum Gasteiger partial charge on any atom is 0.255 e. The van der Waals surface area contributed by atoms with E-state index in [-0.39, 0.29) is 28.1 Å². The molecule has 2 amide bonds. The van der Waals surface area contributed by atoms with Crippen LogP contribution in [0.2, 0.25) is 10.0 Å². The monoisotopic (exact) mass is 331 g/mol. The Morgan fingerprint density at radius 3 is 2.29 bits per heavy atom. The molecule has 21 heavy (non-hydrogen) atoms. The average Bonchev–Trinajstić information content (AvgIpc) is 2.43. The molecule has 0 aromatic heterocycles. The van der Waals surface area contributed by atoms with Crippen LogP contribution in [0.15, 0.2) is 12.1 Å². The molecule has 0 radical (unpaired) electrons. The highest BCUT2D eigenvalue weighted by atomic mass is 35.5. The number of likely N-dealkylation sites (N-methyl/N-ethyl adjacent to an activating group) is 2. The second-order valence-corrected chi connectivity index (χ2v) is 5.38. The predicted molar refractivity (Wildman–Crippen MR) is 85.8 cm³/mol. The first kappa shape index (κ1) is 17.6. The summed E-state index contributed by atoms with van der Waals surface area (Å²) in [4.78, 5) is 27.3. The van der Waals surface area contributed by atoms with Gasteiger partial charge in [-0.15, -0.1) is 0 Å². The summed E-state index contributed by atoms with van der Waals surface area (Å²) in [5.41, 5.74) is 6.20. The number of hydrogen-bond acceptors (Lipinski definition) is 3. The van der Waals surface area contributed by atoms with Crippen LogP contribution in [0, 0.1) is 0 Å². The van der Waals surface area contributed by atoms with Gasteiger partial charge in [-0.2, -0.15) is 0 Å². The van der Waals surface area contributed by atoms with Gasteiger partial charge in [-0.1, -0.05) is 23.2 Å². The van der Waals surface area contributed by atoms with Crippen LogP contribution in [-0.2, 0) is 4.79 Å². The summed E-state index contributed by atoms with van der Waals surface area (Å²) < 4.78 is 0. The van der Waals surface area contributed by atoms with E-state index in [1.807, 2.05) is 13.8 Å². The standard InChI is InChI=1S/C14H19Cl2N3O2/c1-4-19(5-2)12(20)8-18(3)14(21)10-6-9(17)7-11(15)13(10)16/h6-7H,4-5,8,17H2,1-3H3. The Morgan fingerprint density at radius 2 is 1.76 bits per heavy atom. The first-order valence-corrected chi connectivity index (χ1v) is 7.35. The van der Waals surface area contributed by atoms with E-state index >= 15 is 0 Å². The van der Waals surface area contributed by atoms with Gasteiger partial charge in [0.2, 0.25) is 5.91 Å².